The fourth-order valence-electron chi connectivity index (χ4n) is 4.22. The Morgan fingerprint density at radius 2 is 1.71 bits per heavy atom. The van der Waals surface area contributed by atoms with Gasteiger partial charge in [0.1, 0.15) is 5.58 Å². The molecule has 1 unspecified atom stereocenters. The number of aryl methyl sites for hydroxylation is 3. The Kier molecular flexibility index (Phi) is 4.49. The van der Waals surface area contributed by atoms with Gasteiger partial charge in [0.25, 0.3) is 5.91 Å². The van der Waals surface area contributed by atoms with Crippen LogP contribution in [0.1, 0.15) is 44.4 Å². The molecule has 1 atom stereocenters. The number of nitrogens with zero attached hydrogens (tertiary/aromatic N) is 1. The third-order valence-corrected chi connectivity index (χ3v) is 6.19. The molecule has 1 aromatic heterocycles. The van der Waals surface area contributed by atoms with Crippen LogP contribution in [-0.4, -0.2) is 5.91 Å². The van der Waals surface area contributed by atoms with Crippen molar-refractivity contribution in [2.45, 2.75) is 26.8 Å². The molecule has 3 aromatic carbocycles. The van der Waals surface area contributed by atoms with Crippen molar-refractivity contribution < 1.29 is 9.21 Å². The number of hydrogen-bond donors (Lipinski definition) is 0. The minimum atomic E-state index is -0.621. The fraction of sp³-hybridized carbons (Fsp3) is 0.154. The van der Waals surface area contributed by atoms with Crippen LogP contribution in [0.15, 0.2) is 69.9 Å². The number of fused-ring (bicyclic) bond motifs is 2. The van der Waals surface area contributed by atoms with Gasteiger partial charge in [-0.15, -0.1) is 0 Å². The van der Waals surface area contributed by atoms with Gasteiger partial charge in [0.05, 0.1) is 17.0 Å². The summed E-state index contributed by atoms with van der Waals surface area (Å²) in [4.78, 5) is 28.8. The van der Waals surface area contributed by atoms with E-state index < -0.39 is 6.04 Å². The van der Waals surface area contributed by atoms with Gasteiger partial charge in [0.2, 0.25) is 5.76 Å². The zero-order valence-corrected chi connectivity index (χ0v) is 18.2. The minimum absolute atomic E-state index is 0.0876. The lowest BCUT2D eigenvalue weighted by atomic mass is 9.97. The highest BCUT2D eigenvalue weighted by Crippen LogP contribution is 2.42. The Hall–Kier alpha value is -3.37. The van der Waals surface area contributed by atoms with E-state index >= 15 is 0 Å². The number of anilines is 1. The van der Waals surface area contributed by atoms with Gasteiger partial charge in [-0.3, -0.25) is 14.5 Å². The van der Waals surface area contributed by atoms with Crippen molar-refractivity contribution in [3.8, 4) is 0 Å². The number of rotatable bonds is 2. The highest BCUT2D eigenvalue weighted by Gasteiger charge is 2.43. The summed E-state index contributed by atoms with van der Waals surface area (Å²) in [5, 5.41) is 1.01. The lowest BCUT2D eigenvalue weighted by molar-refractivity contribution is 0.0971. The third kappa shape index (κ3) is 3.06. The molecule has 0 aliphatic carbocycles. The van der Waals surface area contributed by atoms with E-state index in [9.17, 15) is 9.59 Å². The van der Waals surface area contributed by atoms with E-state index in [0.717, 1.165) is 22.3 Å². The fourth-order valence-corrected chi connectivity index (χ4v) is 4.42. The van der Waals surface area contributed by atoms with Gasteiger partial charge in [0, 0.05) is 10.7 Å². The summed E-state index contributed by atoms with van der Waals surface area (Å²) in [6.07, 6.45) is 0. The van der Waals surface area contributed by atoms with Crippen LogP contribution in [0.5, 0.6) is 0 Å². The first-order valence-corrected chi connectivity index (χ1v) is 10.5. The van der Waals surface area contributed by atoms with E-state index in [-0.39, 0.29) is 17.1 Å². The summed E-state index contributed by atoms with van der Waals surface area (Å²) in [6, 6.07) is 17.9. The topological polar surface area (TPSA) is 50.5 Å². The first kappa shape index (κ1) is 19.6. The standard InChI is InChI=1S/C26H20ClNO3/c1-14-7-10-21-20(11-14)24(29)22-23(17-5-4-6-18(27)13-17)28(26(30)25(22)31-21)19-9-8-15(2)16(3)12-19/h4-13,23H,1-3H3. The van der Waals surface area contributed by atoms with Gasteiger partial charge in [-0.1, -0.05) is 41.4 Å². The molecule has 4 nitrogen and oxygen atoms in total. The number of amides is 1. The second kappa shape index (κ2) is 7.10. The Bertz CT molecular complexity index is 1440. The van der Waals surface area contributed by atoms with Crippen molar-refractivity contribution in [3.63, 3.8) is 0 Å². The molecule has 0 fully saturated rings. The maximum Gasteiger partial charge on any atom is 0.295 e. The molecule has 0 saturated carbocycles. The summed E-state index contributed by atoms with van der Waals surface area (Å²) >= 11 is 6.28. The molecule has 0 spiro atoms. The Balaban J connectivity index is 1.83. The van der Waals surface area contributed by atoms with Crippen molar-refractivity contribution in [2.75, 3.05) is 4.90 Å². The van der Waals surface area contributed by atoms with Gasteiger partial charge >= 0.3 is 0 Å². The maximum absolute atomic E-state index is 13.6. The largest absolute Gasteiger partial charge is 0.450 e. The first-order chi connectivity index (χ1) is 14.8. The van der Waals surface area contributed by atoms with E-state index in [1.807, 2.05) is 57.2 Å². The number of carbonyl (C=O) groups is 1. The molecule has 1 amide bonds. The highest BCUT2D eigenvalue weighted by atomic mass is 35.5. The predicted molar refractivity (Wildman–Crippen MR) is 123 cm³/mol. The number of benzene rings is 3. The average molecular weight is 430 g/mol. The molecule has 154 valence electrons. The quantitative estimate of drug-likeness (QED) is 0.385. The monoisotopic (exact) mass is 429 g/mol. The van der Waals surface area contributed by atoms with Crippen LogP contribution >= 0.6 is 11.6 Å². The smallest absolute Gasteiger partial charge is 0.295 e. The summed E-state index contributed by atoms with van der Waals surface area (Å²) in [6.45, 7) is 5.95. The maximum atomic E-state index is 13.6. The number of hydrogen-bond acceptors (Lipinski definition) is 3. The Labute approximate surface area is 184 Å². The molecule has 31 heavy (non-hydrogen) atoms. The van der Waals surface area contributed by atoms with Gasteiger partial charge in [0.15, 0.2) is 5.43 Å². The summed E-state index contributed by atoms with van der Waals surface area (Å²) in [5.41, 5.74) is 5.19. The van der Waals surface area contributed by atoms with E-state index in [2.05, 4.69) is 0 Å². The molecule has 1 aliphatic rings. The normalized spacial score (nSPS) is 15.5. The van der Waals surface area contributed by atoms with Crippen molar-refractivity contribution >= 4 is 34.2 Å². The molecular formula is C26H20ClNO3. The molecule has 2 heterocycles. The molecule has 1 aliphatic heterocycles. The molecule has 0 radical (unpaired) electrons. The van der Waals surface area contributed by atoms with Crippen LogP contribution in [0.3, 0.4) is 0 Å². The van der Waals surface area contributed by atoms with E-state index in [1.165, 1.54) is 0 Å². The van der Waals surface area contributed by atoms with Crippen LogP contribution < -0.4 is 10.3 Å². The second-order valence-electron chi connectivity index (χ2n) is 8.07. The molecule has 5 heteroatoms. The van der Waals surface area contributed by atoms with Crippen LogP contribution in [0, 0.1) is 20.8 Å². The molecule has 4 aromatic rings. The van der Waals surface area contributed by atoms with Crippen LogP contribution in [0.25, 0.3) is 11.0 Å². The SMILES string of the molecule is Cc1ccc2oc3c(c(=O)c2c1)C(c1cccc(Cl)c1)N(c1ccc(C)c(C)c1)C3=O. The summed E-state index contributed by atoms with van der Waals surface area (Å²) < 4.78 is 6.02. The lowest BCUT2D eigenvalue weighted by Crippen LogP contribution is -2.29. The molecule has 5 rings (SSSR count). The predicted octanol–water partition coefficient (Wildman–Crippen LogP) is 6.12. The van der Waals surface area contributed by atoms with Crippen molar-refractivity contribution in [1.29, 1.82) is 0 Å². The Morgan fingerprint density at radius 3 is 2.45 bits per heavy atom. The number of halogens is 1. The summed E-state index contributed by atoms with van der Waals surface area (Å²) in [7, 11) is 0. The minimum Gasteiger partial charge on any atom is -0.450 e. The molecular weight excluding hydrogens is 410 g/mol. The summed E-state index contributed by atoms with van der Waals surface area (Å²) in [5.74, 6) is -0.243. The van der Waals surface area contributed by atoms with Crippen molar-refractivity contribution in [1.82, 2.24) is 0 Å². The van der Waals surface area contributed by atoms with Crippen LogP contribution in [0.4, 0.5) is 5.69 Å². The molecule has 0 bridgehead atoms. The average Bonchev–Trinajstić information content (AvgIpc) is 3.03. The zero-order chi connectivity index (χ0) is 21.9. The van der Waals surface area contributed by atoms with E-state index in [0.29, 0.717) is 27.2 Å². The first-order valence-electron chi connectivity index (χ1n) is 10.1. The van der Waals surface area contributed by atoms with Crippen molar-refractivity contribution in [3.05, 3.63) is 109 Å². The third-order valence-electron chi connectivity index (χ3n) is 5.96. The van der Waals surface area contributed by atoms with Gasteiger partial charge in [-0.05, 0) is 73.9 Å². The van der Waals surface area contributed by atoms with Gasteiger partial charge < -0.3 is 4.42 Å². The Morgan fingerprint density at radius 1 is 0.903 bits per heavy atom. The van der Waals surface area contributed by atoms with E-state index in [4.69, 9.17) is 16.0 Å². The molecule has 0 N–H and O–H groups in total. The van der Waals surface area contributed by atoms with Gasteiger partial charge in [-0.25, -0.2) is 0 Å². The van der Waals surface area contributed by atoms with Crippen LogP contribution in [0.2, 0.25) is 5.02 Å². The number of carbonyl (C=O) groups excluding carboxylic acids is 1. The van der Waals surface area contributed by atoms with Crippen LogP contribution in [-0.2, 0) is 0 Å². The van der Waals surface area contributed by atoms with E-state index in [1.54, 1.807) is 29.2 Å². The zero-order valence-electron chi connectivity index (χ0n) is 17.4. The van der Waals surface area contributed by atoms with Gasteiger partial charge in [-0.2, -0.15) is 0 Å². The van der Waals surface area contributed by atoms with Crippen molar-refractivity contribution in [2.24, 2.45) is 0 Å². The second-order valence-corrected chi connectivity index (χ2v) is 8.51. The highest BCUT2D eigenvalue weighted by molar-refractivity contribution is 6.30. The lowest BCUT2D eigenvalue weighted by Gasteiger charge is -2.26. The molecule has 0 saturated heterocycles.